The highest BCUT2D eigenvalue weighted by Gasteiger charge is 2.20. The highest BCUT2D eigenvalue weighted by molar-refractivity contribution is 6.58. The normalized spacial score (nSPS) is 12.6. The van der Waals surface area contributed by atoms with Gasteiger partial charge in [0.25, 0.3) is 0 Å². The number of benzene rings is 2. The topological polar surface area (TPSA) is 58.9 Å². The molecule has 0 fully saturated rings. The first kappa shape index (κ1) is 19.1. The fraction of sp³-hybridized carbons (Fsp3) is 0.300. The van der Waals surface area contributed by atoms with Crippen molar-refractivity contribution in [2.24, 2.45) is 0 Å². The molecule has 0 aliphatic heterocycles. The van der Waals surface area contributed by atoms with Gasteiger partial charge in [0, 0.05) is 5.92 Å². The first-order valence-corrected chi connectivity index (χ1v) is 8.39. The van der Waals surface area contributed by atoms with Crippen molar-refractivity contribution in [3.63, 3.8) is 0 Å². The Kier molecular flexibility index (Phi) is 6.68. The van der Waals surface area contributed by atoms with Crippen LogP contribution in [0, 0.1) is 0 Å². The van der Waals surface area contributed by atoms with Gasteiger partial charge in [0.15, 0.2) is 0 Å². The summed E-state index contributed by atoms with van der Waals surface area (Å²) in [5.74, 6) is 1.55. The van der Waals surface area contributed by atoms with Gasteiger partial charge < -0.3 is 19.5 Å². The van der Waals surface area contributed by atoms with Crippen molar-refractivity contribution >= 4 is 18.2 Å². The minimum Gasteiger partial charge on any atom is -0.497 e. The van der Waals surface area contributed by atoms with E-state index in [-0.39, 0.29) is 5.92 Å². The molecule has 25 heavy (non-hydrogen) atoms. The van der Waals surface area contributed by atoms with Gasteiger partial charge in [-0.25, -0.2) is 0 Å². The third-order valence-electron chi connectivity index (χ3n) is 4.41. The lowest BCUT2D eigenvalue weighted by Gasteiger charge is -2.22. The number of allylic oxidation sites excluding steroid dienone is 2. The summed E-state index contributed by atoms with van der Waals surface area (Å²) in [6, 6.07) is 13.4. The first-order chi connectivity index (χ1) is 12.0. The molecule has 0 bridgehead atoms. The van der Waals surface area contributed by atoms with Crippen molar-refractivity contribution in [1.29, 1.82) is 0 Å². The van der Waals surface area contributed by atoms with Crippen LogP contribution in [0.25, 0.3) is 5.57 Å². The smallest absolute Gasteiger partial charge is 0.488 e. The first-order valence-electron chi connectivity index (χ1n) is 8.39. The van der Waals surface area contributed by atoms with Crippen molar-refractivity contribution < 1.29 is 19.5 Å². The monoisotopic (exact) mass is 340 g/mol. The van der Waals surface area contributed by atoms with Crippen LogP contribution in [-0.4, -0.2) is 31.4 Å². The zero-order valence-corrected chi connectivity index (χ0v) is 15.2. The second-order valence-corrected chi connectivity index (χ2v) is 5.85. The standard InChI is InChI=1S/C20H25BO4/c1-5-19(14-7-9-17(24-3)10-8-14)20(6-2)15-11-16(21(22)23)13-18(12-15)25-4/h5,7-13,20,22-23H,6H2,1-4H3/b19-5+. The highest BCUT2D eigenvalue weighted by atomic mass is 16.5. The molecule has 0 aliphatic carbocycles. The molecule has 0 amide bonds. The maximum Gasteiger partial charge on any atom is 0.488 e. The fourth-order valence-corrected chi connectivity index (χ4v) is 3.10. The van der Waals surface area contributed by atoms with E-state index in [1.54, 1.807) is 20.3 Å². The molecule has 0 saturated heterocycles. The number of ether oxygens (including phenoxy) is 2. The average molecular weight is 340 g/mol. The lowest BCUT2D eigenvalue weighted by Crippen LogP contribution is -2.30. The highest BCUT2D eigenvalue weighted by Crippen LogP contribution is 2.36. The van der Waals surface area contributed by atoms with E-state index in [1.807, 2.05) is 43.3 Å². The van der Waals surface area contributed by atoms with Crippen LogP contribution in [0.2, 0.25) is 0 Å². The molecule has 2 rings (SSSR count). The molecule has 2 aromatic carbocycles. The van der Waals surface area contributed by atoms with Crippen LogP contribution < -0.4 is 14.9 Å². The van der Waals surface area contributed by atoms with Gasteiger partial charge in [0.2, 0.25) is 0 Å². The molecule has 0 aliphatic rings. The molecule has 1 atom stereocenters. The summed E-state index contributed by atoms with van der Waals surface area (Å²) in [4.78, 5) is 0. The van der Waals surface area contributed by atoms with Crippen LogP contribution in [0.1, 0.15) is 37.3 Å². The molecule has 132 valence electrons. The van der Waals surface area contributed by atoms with Gasteiger partial charge in [-0.15, -0.1) is 0 Å². The molecule has 5 heteroatoms. The van der Waals surface area contributed by atoms with E-state index in [0.717, 1.165) is 23.3 Å². The molecule has 0 aromatic heterocycles. The lowest BCUT2D eigenvalue weighted by atomic mass is 9.76. The SMILES string of the molecule is C/C=C(\c1ccc(OC)cc1)C(CC)c1cc(OC)cc(B(O)O)c1. The van der Waals surface area contributed by atoms with Gasteiger partial charge >= 0.3 is 7.12 Å². The lowest BCUT2D eigenvalue weighted by molar-refractivity contribution is 0.411. The van der Waals surface area contributed by atoms with Crippen LogP contribution in [0.4, 0.5) is 0 Å². The molecule has 1 unspecified atom stereocenters. The van der Waals surface area contributed by atoms with E-state index in [1.165, 1.54) is 5.57 Å². The van der Waals surface area contributed by atoms with Gasteiger partial charge in [0.05, 0.1) is 14.2 Å². The predicted molar refractivity (Wildman–Crippen MR) is 102 cm³/mol. The van der Waals surface area contributed by atoms with Gasteiger partial charge in [-0.3, -0.25) is 0 Å². The summed E-state index contributed by atoms with van der Waals surface area (Å²) in [7, 11) is 1.70. The van der Waals surface area contributed by atoms with Crippen molar-refractivity contribution in [1.82, 2.24) is 0 Å². The van der Waals surface area contributed by atoms with E-state index in [9.17, 15) is 10.0 Å². The predicted octanol–water partition coefficient (Wildman–Crippen LogP) is 2.98. The van der Waals surface area contributed by atoms with E-state index >= 15 is 0 Å². The summed E-state index contributed by atoms with van der Waals surface area (Å²) < 4.78 is 10.6. The van der Waals surface area contributed by atoms with Gasteiger partial charge in [-0.05, 0) is 59.8 Å². The molecular formula is C20H25BO4. The zero-order chi connectivity index (χ0) is 18.4. The molecule has 2 aromatic rings. The summed E-state index contributed by atoms with van der Waals surface area (Å²) in [6.45, 7) is 4.14. The minimum absolute atomic E-state index is 0.117. The minimum atomic E-state index is -1.53. The van der Waals surface area contributed by atoms with Crippen LogP contribution >= 0.6 is 0 Å². The summed E-state index contributed by atoms with van der Waals surface area (Å²) in [6.07, 6.45) is 2.98. The zero-order valence-electron chi connectivity index (χ0n) is 15.2. The molecular weight excluding hydrogens is 315 g/mol. The van der Waals surface area contributed by atoms with Crippen molar-refractivity contribution in [3.05, 3.63) is 59.7 Å². The van der Waals surface area contributed by atoms with Crippen LogP contribution in [0.3, 0.4) is 0 Å². The van der Waals surface area contributed by atoms with Gasteiger partial charge in [0.1, 0.15) is 11.5 Å². The van der Waals surface area contributed by atoms with Crippen LogP contribution in [0.5, 0.6) is 11.5 Å². The Morgan fingerprint density at radius 3 is 2.16 bits per heavy atom. The average Bonchev–Trinajstić information content (AvgIpc) is 2.65. The maximum absolute atomic E-state index is 9.56. The number of hydrogen-bond donors (Lipinski definition) is 2. The van der Waals surface area contributed by atoms with E-state index < -0.39 is 7.12 Å². The Labute approximate surface area is 149 Å². The Bertz CT molecular complexity index is 723. The van der Waals surface area contributed by atoms with Gasteiger partial charge in [-0.1, -0.05) is 31.2 Å². The molecule has 0 spiro atoms. The van der Waals surface area contributed by atoms with E-state index in [2.05, 4.69) is 13.0 Å². The number of methoxy groups -OCH3 is 2. The van der Waals surface area contributed by atoms with Crippen LogP contribution in [0.15, 0.2) is 48.5 Å². The number of hydrogen-bond acceptors (Lipinski definition) is 4. The van der Waals surface area contributed by atoms with Crippen LogP contribution in [-0.2, 0) is 0 Å². The van der Waals surface area contributed by atoms with E-state index in [4.69, 9.17) is 9.47 Å². The Hall–Kier alpha value is -2.24. The second kappa shape index (κ2) is 8.74. The van der Waals surface area contributed by atoms with Gasteiger partial charge in [-0.2, -0.15) is 0 Å². The van der Waals surface area contributed by atoms with E-state index in [0.29, 0.717) is 11.2 Å². The molecule has 0 heterocycles. The quantitative estimate of drug-likeness (QED) is 0.761. The van der Waals surface area contributed by atoms with Crippen molar-refractivity contribution in [2.75, 3.05) is 14.2 Å². The Morgan fingerprint density at radius 1 is 1.04 bits per heavy atom. The largest absolute Gasteiger partial charge is 0.497 e. The Balaban J connectivity index is 2.47. The number of rotatable bonds is 7. The summed E-state index contributed by atoms with van der Waals surface area (Å²) >= 11 is 0. The van der Waals surface area contributed by atoms with Crippen molar-refractivity contribution in [2.45, 2.75) is 26.2 Å². The van der Waals surface area contributed by atoms with Crippen molar-refractivity contribution in [3.8, 4) is 11.5 Å². The Morgan fingerprint density at radius 2 is 1.68 bits per heavy atom. The molecule has 0 saturated carbocycles. The third kappa shape index (κ3) is 4.44. The third-order valence-corrected chi connectivity index (χ3v) is 4.41. The summed E-state index contributed by atoms with van der Waals surface area (Å²) in [5, 5.41) is 19.1. The molecule has 2 N–H and O–H groups in total. The molecule has 0 radical (unpaired) electrons. The summed E-state index contributed by atoms with van der Waals surface area (Å²) in [5.41, 5.74) is 3.72. The fourth-order valence-electron chi connectivity index (χ4n) is 3.10. The second-order valence-electron chi connectivity index (χ2n) is 5.85. The molecule has 4 nitrogen and oxygen atoms in total. The maximum atomic E-state index is 9.56.